The van der Waals surface area contributed by atoms with E-state index in [0.29, 0.717) is 5.02 Å². The van der Waals surface area contributed by atoms with Crippen LogP contribution in [0.15, 0.2) is 42.5 Å². The fraction of sp³-hybridized carbons (Fsp3) is 0.391. The van der Waals surface area contributed by atoms with Crippen LogP contribution >= 0.6 is 23.2 Å². The van der Waals surface area contributed by atoms with Gasteiger partial charge in [0.05, 0.1) is 17.0 Å². The van der Waals surface area contributed by atoms with E-state index >= 15 is 0 Å². The third kappa shape index (κ3) is 7.62. The molecule has 0 unspecified atom stereocenters. The first-order valence-electron chi connectivity index (χ1n) is 10.4. The van der Waals surface area contributed by atoms with Crippen LogP contribution < -0.4 is 9.62 Å². The lowest BCUT2D eigenvalue weighted by Crippen LogP contribution is -2.52. The summed E-state index contributed by atoms with van der Waals surface area (Å²) in [6.45, 7) is 6.83. The van der Waals surface area contributed by atoms with Gasteiger partial charge in [-0.25, -0.2) is 8.42 Å². The van der Waals surface area contributed by atoms with Crippen molar-refractivity contribution in [2.45, 2.75) is 46.3 Å². The number of hydrogen-bond donors (Lipinski definition) is 1. The van der Waals surface area contributed by atoms with Gasteiger partial charge in [-0.15, -0.1) is 0 Å². The minimum Gasteiger partial charge on any atom is -0.352 e. The van der Waals surface area contributed by atoms with Crippen LogP contribution in [0.3, 0.4) is 0 Å². The average Bonchev–Trinajstić information content (AvgIpc) is 2.70. The molecular weight excluding hydrogens is 485 g/mol. The quantitative estimate of drug-likeness (QED) is 0.548. The highest BCUT2D eigenvalue weighted by molar-refractivity contribution is 7.92. The summed E-state index contributed by atoms with van der Waals surface area (Å²) in [5.74, 6) is -0.876. The Morgan fingerprint density at radius 2 is 1.64 bits per heavy atom. The summed E-state index contributed by atoms with van der Waals surface area (Å²) in [7, 11) is -3.87. The van der Waals surface area contributed by atoms with E-state index in [-0.39, 0.29) is 29.2 Å². The first kappa shape index (κ1) is 27.0. The van der Waals surface area contributed by atoms with Gasteiger partial charge in [-0.05, 0) is 51.5 Å². The van der Waals surface area contributed by atoms with Crippen molar-refractivity contribution in [3.05, 3.63) is 63.6 Å². The second-order valence-corrected chi connectivity index (χ2v) is 11.0. The summed E-state index contributed by atoms with van der Waals surface area (Å²) in [4.78, 5) is 27.5. The average molecular weight is 514 g/mol. The molecule has 180 valence electrons. The predicted octanol–water partition coefficient (Wildman–Crippen LogP) is 4.01. The molecule has 0 radical (unpaired) electrons. The molecule has 0 aromatic heterocycles. The Balaban J connectivity index is 2.41. The number of nitrogens with one attached hydrogen (secondary N) is 1. The number of halogens is 2. The lowest BCUT2D eigenvalue weighted by molar-refractivity contribution is -0.139. The summed E-state index contributed by atoms with van der Waals surface area (Å²) in [5, 5.41) is 3.23. The van der Waals surface area contributed by atoms with Crippen molar-refractivity contribution in [1.29, 1.82) is 0 Å². The van der Waals surface area contributed by atoms with Gasteiger partial charge in [0.15, 0.2) is 0 Å². The van der Waals surface area contributed by atoms with E-state index in [1.54, 1.807) is 6.92 Å². The maximum Gasteiger partial charge on any atom is 0.244 e. The maximum atomic E-state index is 13.4. The monoisotopic (exact) mass is 513 g/mol. The molecule has 0 heterocycles. The van der Waals surface area contributed by atoms with Gasteiger partial charge in [0, 0.05) is 17.6 Å². The molecule has 0 aliphatic rings. The number of hydrogen-bond acceptors (Lipinski definition) is 4. The van der Waals surface area contributed by atoms with Gasteiger partial charge >= 0.3 is 0 Å². The van der Waals surface area contributed by atoms with Crippen molar-refractivity contribution in [2.24, 2.45) is 0 Å². The van der Waals surface area contributed by atoms with Crippen LogP contribution in [-0.4, -0.2) is 50.0 Å². The molecule has 0 aliphatic carbocycles. The molecule has 0 fully saturated rings. The Labute approximate surface area is 205 Å². The van der Waals surface area contributed by atoms with Crippen LogP contribution in [0.4, 0.5) is 5.69 Å². The maximum absolute atomic E-state index is 13.4. The lowest BCUT2D eigenvalue weighted by atomic mass is 10.1. The fourth-order valence-corrected chi connectivity index (χ4v) is 4.58. The number of aryl methyl sites for hydroxylation is 1. The van der Waals surface area contributed by atoms with Crippen molar-refractivity contribution >= 4 is 50.7 Å². The topological polar surface area (TPSA) is 86.8 Å². The number of anilines is 1. The third-order valence-electron chi connectivity index (χ3n) is 4.93. The molecule has 0 aliphatic heterocycles. The number of benzene rings is 2. The molecule has 1 N–H and O–H groups in total. The molecule has 0 saturated heterocycles. The van der Waals surface area contributed by atoms with E-state index in [9.17, 15) is 18.0 Å². The number of rotatable bonds is 9. The molecule has 0 bridgehead atoms. The summed E-state index contributed by atoms with van der Waals surface area (Å²) in [5.41, 5.74) is 2.00. The Bertz CT molecular complexity index is 1110. The van der Waals surface area contributed by atoms with Gasteiger partial charge < -0.3 is 10.2 Å². The van der Waals surface area contributed by atoms with E-state index in [1.807, 2.05) is 45.0 Å². The number of carbonyl (C=O) groups excluding carboxylic acids is 2. The minimum atomic E-state index is -3.87. The van der Waals surface area contributed by atoms with Gasteiger partial charge in [-0.2, -0.15) is 0 Å². The van der Waals surface area contributed by atoms with Crippen molar-refractivity contribution in [3.8, 4) is 0 Å². The molecule has 10 heteroatoms. The standard InChI is InChI=1S/C23H29Cl2N3O4S/c1-15(2)26-23(30)17(4)27(13-18-8-6-16(3)7-9-18)22(29)14-28(33(5,31)32)21-11-10-19(24)12-20(21)25/h6-12,15,17H,13-14H2,1-5H3,(H,26,30)/t17-/m0/s1. The third-order valence-corrected chi connectivity index (χ3v) is 6.59. The van der Waals surface area contributed by atoms with Crippen LogP contribution in [-0.2, 0) is 26.2 Å². The van der Waals surface area contributed by atoms with E-state index in [0.717, 1.165) is 21.7 Å². The van der Waals surface area contributed by atoms with Crippen LogP contribution in [0.5, 0.6) is 0 Å². The van der Waals surface area contributed by atoms with Crippen LogP contribution in [0.1, 0.15) is 31.9 Å². The molecule has 7 nitrogen and oxygen atoms in total. The zero-order valence-electron chi connectivity index (χ0n) is 19.3. The largest absolute Gasteiger partial charge is 0.352 e. The molecule has 2 amide bonds. The molecule has 2 rings (SSSR count). The number of nitrogens with zero attached hydrogens (tertiary/aromatic N) is 2. The van der Waals surface area contributed by atoms with Crippen molar-refractivity contribution in [2.75, 3.05) is 17.1 Å². The highest BCUT2D eigenvalue weighted by atomic mass is 35.5. The smallest absolute Gasteiger partial charge is 0.244 e. The van der Waals surface area contributed by atoms with E-state index < -0.39 is 28.5 Å². The highest BCUT2D eigenvalue weighted by Crippen LogP contribution is 2.30. The lowest BCUT2D eigenvalue weighted by Gasteiger charge is -2.32. The van der Waals surface area contributed by atoms with Crippen LogP contribution in [0, 0.1) is 6.92 Å². The van der Waals surface area contributed by atoms with E-state index in [4.69, 9.17) is 23.2 Å². The molecule has 0 spiro atoms. The Hall–Kier alpha value is -2.29. The van der Waals surface area contributed by atoms with Crippen LogP contribution in [0.25, 0.3) is 0 Å². The van der Waals surface area contributed by atoms with Gasteiger partial charge in [0.2, 0.25) is 21.8 Å². The van der Waals surface area contributed by atoms with Crippen LogP contribution in [0.2, 0.25) is 10.0 Å². The second-order valence-electron chi connectivity index (χ2n) is 8.21. The fourth-order valence-electron chi connectivity index (χ4n) is 3.16. The molecule has 2 aromatic carbocycles. The Morgan fingerprint density at radius 3 is 2.15 bits per heavy atom. The minimum absolute atomic E-state index is 0.0939. The summed E-state index contributed by atoms with van der Waals surface area (Å²) < 4.78 is 26.0. The number of carbonyl (C=O) groups is 2. The van der Waals surface area contributed by atoms with Gasteiger partial charge in [-0.3, -0.25) is 13.9 Å². The molecular formula is C23H29Cl2N3O4S. The summed E-state index contributed by atoms with van der Waals surface area (Å²) >= 11 is 12.2. The Morgan fingerprint density at radius 1 is 1.03 bits per heavy atom. The summed E-state index contributed by atoms with van der Waals surface area (Å²) in [6, 6.07) is 11.0. The van der Waals surface area contributed by atoms with E-state index in [1.165, 1.54) is 23.1 Å². The van der Waals surface area contributed by atoms with Gasteiger partial charge in [0.1, 0.15) is 12.6 Å². The second kappa shape index (κ2) is 11.2. The van der Waals surface area contributed by atoms with Crippen molar-refractivity contribution < 1.29 is 18.0 Å². The molecule has 1 atom stereocenters. The van der Waals surface area contributed by atoms with Crippen molar-refractivity contribution in [3.63, 3.8) is 0 Å². The zero-order valence-corrected chi connectivity index (χ0v) is 21.6. The predicted molar refractivity (Wildman–Crippen MR) is 133 cm³/mol. The summed E-state index contributed by atoms with van der Waals surface area (Å²) in [6.07, 6.45) is 0.991. The Kier molecular flexibility index (Phi) is 9.17. The number of sulfonamides is 1. The first-order chi connectivity index (χ1) is 15.3. The van der Waals surface area contributed by atoms with E-state index in [2.05, 4.69) is 5.32 Å². The molecule has 2 aromatic rings. The van der Waals surface area contributed by atoms with Crippen molar-refractivity contribution in [1.82, 2.24) is 10.2 Å². The highest BCUT2D eigenvalue weighted by Gasteiger charge is 2.31. The SMILES string of the molecule is Cc1ccc(CN(C(=O)CN(c2ccc(Cl)cc2Cl)S(C)(=O)=O)[C@@H](C)C(=O)NC(C)C)cc1. The zero-order chi connectivity index (χ0) is 24.9. The van der Waals surface area contributed by atoms with Gasteiger partial charge in [-0.1, -0.05) is 53.0 Å². The van der Waals surface area contributed by atoms with Gasteiger partial charge in [0.25, 0.3) is 0 Å². The first-order valence-corrected chi connectivity index (χ1v) is 13.0. The number of amides is 2. The molecule has 33 heavy (non-hydrogen) atoms. The normalized spacial score (nSPS) is 12.4. The molecule has 0 saturated carbocycles.